The van der Waals surface area contributed by atoms with Crippen LogP contribution in [0.4, 0.5) is 4.39 Å². The SMILES string of the molecule is CC(O)CC(C)c1ccc(Cl)cc1F. The molecule has 3 heteroatoms. The molecule has 0 radical (unpaired) electrons. The lowest BCUT2D eigenvalue weighted by Crippen LogP contribution is -2.07. The van der Waals surface area contributed by atoms with Crippen molar-refractivity contribution in [1.82, 2.24) is 0 Å². The summed E-state index contributed by atoms with van der Waals surface area (Å²) in [6.45, 7) is 3.59. The Kier molecular flexibility index (Phi) is 3.90. The quantitative estimate of drug-likeness (QED) is 0.822. The molecule has 0 aliphatic rings. The van der Waals surface area contributed by atoms with Crippen LogP contribution in [0.3, 0.4) is 0 Å². The number of halogens is 2. The van der Waals surface area contributed by atoms with E-state index in [4.69, 9.17) is 11.6 Å². The Morgan fingerprint density at radius 2 is 2.07 bits per heavy atom. The Hall–Kier alpha value is -0.600. The maximum Gasteiger partial charge on any atom is 0.128 e. The number of aliphatic hydroxyl groups is 1. The highest BCUT2D eigenvalue weighted by Gasteiger charge is 2.13. The normalized spacial score (nSPS) is 15.2. The molecule has 1 rings (SSSR count). The third-order valence-corrected chi connectivity index (χ3v) is 2.42. The van der Waals surface area contributed by atoms with Crippen molar-refractivity contribution in [1.29, 1.82) is 0 Å². The summed E-state index contributed by atoms with van der Waals surface area (Å²) in [5.41, 5.74) is 0.607. The van der Waals surface area contributed by atoms with Crippen LogP contribution in [-0.2, 0) is 0 Å². The molecule has 1 N–H and O–H groups in total. The summed E-state index contributed by atoms with van der Waals surface area (Å²) in [4.78, 5) is 0. The van der Waals surface area contributed by atoms with E-state index in [0.717, 1.165) is 0 Å². The summed E-state index contributed by atoms with van der Waals surface area (Å²) in [5, 5.41) is 9.58. The molecule has 0 saturated heterocycles. The van der Waals surface area contributed by atoms with Gasteiger partial charge >= 0.3 is 0 Å². The molecule has 2 atom stereocenters. The molecule has 0 amide bonds. The fourth-order valence-corrected chi connectivity index (χ4v) is 1.70. The van der Waals surface area contributed by atoms with Crippen LogP contribution in [0, 0.1) is 5.82 Å². The number of rotatable bonds is 3. The fraction of sp³-hybridized carbons (Fsp3) is 0.455. The molecule has 78 valence electrons. The van der Waals surface area contributed by atoms with Gasteiger partial charge in [-0.15, -0.1) is 0 Å². The number of benzene rings is 1. The van der Waals surface area contributed by atoms with Crippen LogP contribution in [0.1, 0.15) is 31.7 Å². The first-order valence-electron chi connectivity index (χ1n) is 4.63. The van der Waals surface area contributed by atoms with E-state index in [1.807, 2.05) is 6.92 Å². The molecule has 0 aliphatic carbocycles. The van der Waals surface area contributed by atoms with Gasteiger partial charge in [-0.25, -0.2) is 4.39 Å². The first-order chi connectivity index (χ1) is 6.50. The Morgan fingerprint density at radius 1 is 1.43 bits per heavy atom. The third kappa shape index (κ3) is 2.96. The lowest BCUT2D eigenvalue weighted by atomic mass is 9.95. The van der Waals surface area contributed by atoms with Crippen molar-refractivity contribution in [3.05, 3.63) is 34.6 Å². The molecule has 0 spiro atoms. The molecule has 2 unspecified atom stereocenters. The van der Waals surface area contributed by atoms with Crippen molar-refractivity contribution in [2.75, 3.05) is 0 Å². The predicted molar refractivity (Wildman–Crippen MR) is 56.1 cm³/mol. The van der Waals surface area contributed by atoms with Gasteiger partial charge in [-0.2, -0.15) is 0 Å². The topological polar surface area (TPSA) is 20.2 Å². The van der Waals surface area contributed by atoms with Gasteiger partial charge in [0.1, 0.15) is 5.82 Å². The zero-order valence-electron chi connectivity index (χ0n) is 8.30. The summed E-state index contributed by atoms with van der Waals surface area (Å²) in [6, 6.07) is 4.64. The van der Waals surface area contributed by atoms with Gasteiger partial charge in [-0.3, -0.25) is 0 Å². The molecule has 1 aromatic carbocycles. The monoisotopic (exact) mass is 216 g/mol. The van der Waals surface area contributed by atoms with E-state index < -0.39 is 6.10 Å². The van der Waals surface area contributed by atoms with Crippen molar-refractivity contribution in [2.24, 2.45) is 0 Å². The van der Waals surface area contributed by atoms with Gasteiger partial charge in [0.15, 0.2) is 0 Å². The van der Waals surface area contributed by atoms with Crippen LogP contribution in [-0.4, -0.2) is 11.2 Å². The van der Waals surface area contributed by atoms with Crippen molar-refractivity contribution >= 4 is 11.6 Å². The molecule has 0 heterocycles. The number of aliphatic hydroxyl groups excluding tert-OH is 1. The summed E-state index contributed by atoms with van der Waals surface area (Å²) in [5.74, 6) is -0.294. The lowest BCUT2D eigenvalue weighted by Gasteiger charge is -2.14. The minimum atomic E-state index is -0.417. The fourth-order valence-electron chi connectivity index (χ4n) is 1.54. The Bertz CT molecular complexity index is 312. The molecule has 0 saturated carbocycles. The highest BCUT2D eigenvalue weighted by molar-refractivity contribution is 6.30. The first-order valence-corrected chi connectivity index (χ1v) is 5.01. The Labute approximate surface area is 88.5 Å². The van der Waals surface area contributed by atoms with Crippen LogP contribution in [0.2, 0.25) is 5.02 Å². The van der Waals surface area contributed by atoms with Crippen molar-refractivity contribution in [3.63, 3.8) is 0 Å². The number of hydrogen-bond acceptors (Lipinski definition) is 1. The Balaban J connectivity index is 2.84. The minimum absolute atomic E-state index is 0.00673. The smallest absolute Gasteiger partial charge is 0.128 e. The van der Waals surface area contributed by atoms with E-state index in [9.17, 15) is 9.50 Å². The highest BCUT2D eigenvalue weighted by Crippen LogP contribution is 2.25. The van der Waals surface area contributed by atoms with Gasteiger partial charge in [-0.1, -0.05) is 24.6 Å². The molecule has 0 fully saturated rings. The maximum absolute atomic E-state index is 13.4. The summed E-state index contributed by atoms with van der Waals surface area (Å²) >= 11 is 5.64. The van der Waals surface area contributed by atoms with E-state index in [1.165, 1.54) is 6.07 Å². The molecule has 0 bridgehead atoms. The van der Waals surface area contributed by atoms with Crippen molar-refractivity contribution < 1.29 is 9.50 Å². The molecule has 1 nitrogen and oxygen atoms in total. The van der Waals surface area contributed by atoms with Gasteiger partial charge in [0, 0.05) is 5.02 Å². The average Bonchev–Trinajstić information content (AvgIpc) is 2.01. The molecule has 14 heavy (non-hydrogen) atoms. The van der Waals surface area contributed by atoms with E-state index in [1.54, 1.807) is 19.1 Å². The van der Waals surface area contributed by atoms with Crippen molar-refractivity contribution in [2.45, 2.75) is 32.3 Å². The molecular weight excluding hydrogens is 203 g/mol. The maximum atomic E-state index is 13.4. The van der Waals surface area contributed by atoms with E-state index in [-0.39, 0.29) is 11.7 Å². The summed E-state index contributed by atoms with van der Waals surface area (Å²) < 4.78 is 13.4. The van der Waals surface area contributed by atoms with Crippen LogP contribution in [0.25, 0.3) is 0 Å². The van der Waals surface area contributed by atoms with E-state index in [2.05, 4.69) is 0 Å². The molecule has 0 aromatic heterocycles. The summed E-state index contributed by atoms with van der Waals surface area (Å²) in [6.07, 6.45) is 0.138. The summed E-state index contributed by atoms with van der Waals surface area (Å²) in [7, 11) is 0. The largest absolute Gasteiger partial charge is 0.393 e. The lowest BCUT2D eigenvalue weighted by molar-refractivity contribution is 0.176. The highest BCUT2D eigenvalue weighted by atomic mass is 35.5. The average molecular weight is 217 g/mol. The molecular formula is C11H14ClFO. The van der Waals surface area contributed by atoms with Gasteiger partial charge in [0.25, 0.3) is 0 Å². The second-order valence-electron chi connectivity index (χ2n) is 3.65. The van der Waals surface area contributed by atoms with Crippen molar-refractivity contribution in [3.8, 4) is 0 Å². The van der Waals surface area contributed by atoms with Crippen LogP contribution in [0.5, 0.6) is 0 Å². The van der Waals surface area contributed by atoms with Crippen LogP contribution >= 0.6 is 11.6 Å². The Morgan fingerprint density at radius 3 is 2.57 bits per heavy atom. The first kappa shape index (κ1) is 11.5. The van der Waals surface area contributed by atoms with Gasteiger partial charge in [0.05, 0.1) is 6.10 Å². The second-order valence-corrected chi connectivity index (χ2v) is 4.09. The van der Waals surface area contributed by atoms with Gasteiger partial charge in [0.2, 0.25) is 0 Å². The second kappa shape index (κ2) is 4.76. The van der Waals surface area contributed by atoms with Gasteiger partial charge in [-0.05, 0) is 37.0 Å². The third-order valence-electron chi connectivity index (χ3n) is 2.19. The predicted octanol–water partition coefficient (Wildman–Crippen LogP) is 3.35. The molecule has 0 aliphatic heterocycles. The number of hydrogen-bond donors (Lipinski definition) is 1. The van der Waals surface area contributed by atoms with Gasteiger partial charge < -0.3 is 5.11 Å². The van der Waals surface area contributed by atoms with Crippen LogP contribution < -0.4 is 0 Å². The zero-order chi connectivity index (χ0) is 10.7. The van der Waals surface area contributed by atoms with E-state index in [0.29, 0.717) is 17.0 Å². The molecule has 1 aromatic rings. The minimum Gasteiger partial charge on any atom is -0.393 e. The zero-order valence-corrected chi connectivity index (χ0v) is 9.05. The standard InChI is InChI=1S/C11H14ClFO/c1-7(5-8(2)14)10-4-3-9(12)6-11(10)13/h3-4,6-8,14H,5H2,1-2H3. The van der Waals surface area contributed by atoms with Crippen LogP contribution in [0.15, 0.2) is 18.2 Å². The van der Waals surface area contributed by atoms with E-state index >= 15 is 0 Å².